The van der Waals surface area contributed by atoms with Gasteiger partial charge < -0.3 is 19.0 Å². The fourth-order valence-electron chi connectivity index (χ4n) is 4.11. The molecule has 0 radical (unpaired) electrons. The van der Waals surface area contributed by atoms with E-state index in [0.717, 1.165) is 16.9 Å². The van der Waals surface area contributed by atoms with Gasteiger partial charge in [-0.1, -0.05) is 45.0 Å². The zero-order chi connectivity index (χ0) is 27.7. The Bertz CT molecular complexity index is 1180. The molecule has 0 atom stereocenters. The van der Waals surface area contributed by atoms with Crippen LogP contribution in [0, 0.1) is 12.7 Å². The fourth-order valence-corrected chi connectivity index (χ4v) is 4.11. The lowest BCUT2D eigenvalue weighted by atomic mass is 9.86. The van der Waals surface area contributed by atoms with Crippen LogP contribution in [0.5, 0.6) is 0 Å². The lowest BCUT2D eigenvalue weighted by Gasteiger charge is -2.28. The van der Waals surface area contributed by atoms with E-state index < -0.39 is 0 Å². The Kier molecular flexibility index (Phi) is 10.2. The molecule has 0 unspecified atom stereocenters. The second-order valence-corrected chi connectivity index (χ2v) is 10.5. The van der Waals surface area contributed by atoms with Gasteiger partial charge in [0.2, 0.25) is 5.91 Å². The summed E-state index contributed by atoms with van der Waals surface area (Å²) in [7, 11) is 0. The van der Waals surface area contributed by atoms with Crippen molar-refractivity contribution in [2.75, 3.05) is 26.3 Å². The molecule has 3 aromatic rings. The van der Waals surface area contributed by atoms with Gasteiger partial charge in [0.15, 0.2) is 0 Å². The van der Waals surface area contributed by atoms with Crippen molar-refractivity contribution < 1.29 is 23.1 Å². The number of ether oxygens (including phenoxy) is 1. The Balaban J connectivity index is 1.81. The number of benzene rings is 2. The van der Waals surface area contributed by atoms with Gasteiger partial charge in [0.1, 0.15) is 23.9 Å². The molecule has 2 amide bonds. The van der Waals surface area contributed by atoms with Crippen LogP contribution in [0.2, 0.25) is 0 Å². The van der Waals surface area contributed by atoms with Gasteiger partial charge in [0, 0.05) is 31.9 Å². The van der Waals surface area contributed by atoms with Gasteiger partial charge in [0.25, 0.3) is 5.91 Å². The molecule has 0 saturated carbocycles. The molecular weight excluding hydrogens is 483 g/mol. The molecule has 38 heavy (non-hydrogen) atoms. The monoisotopic (exact) mass is 522 g/mol. The summed E-state index contributed by atoms with van der Waals surface area (Å²) in [6, 6.07) is 17.3. The van der Waals surface area contributed by atoms with E-state index in [0.29, 0.717) is 37.5 Å². The lowest BCUT2D eigenvalue weighted by Crippen LogP contribution is -2.43. The number of amides is 2. The highest BCUT2D eigenvalue weighted by molar-refractivity contribution is 5.96. The van der Waals surface area contributed by atoms with Crippen LogP contribution in [0.3, 0.4) is 0 Å². The maximum atomic E-state index is 13.6. The number of carbonyl (C=O) groups is 2. The van der Waals surface area contributed by atoms with Crippen molar-refractivity contribution in [2.45, 2.75) is 59.5 Å². The average molecular weight is 523 g/mol. The molecule has 0 aliphatic carbocycles. The molecule has 1 heterocycles. The number of rotatable bonds is 12. The summed E-state index contributed by atoms with van der Waals surface area (Å²) in [6.45, 7) is 12.0. The molecule has 0 fully saturated rings. The molecule has 0 N–H and O–H groups in total. The predicted molar refractivity (Wildman–Crippen MR) is 146 cm³/mol. The summed E-state index contributed by atoms with van der Waals surface area (Å²) in [5.74, 6) is 0.632. The highest BCUT2D eigenvalue weighted by Crippen LogP contribution is 2.23. The molecule has 0 saturated heterocycles. The van der Waals surface area contributed by atoms with Crippen LogP contribution in [0.25, 0.3) is 0 Å². The minimum Gasteiger partial charge on any atom is -0.464 e. The third-order valence-corrected chi connectivity index (χ3v) is 6.31. The number of halogens is 1. The van der Waals surface area contributed by atoms with E-state index in [9.17, 15) is 14.0 Å². The van der Waals surface area contributed by atoms with Gasteiger partial charge in [-0.15, -0.1) is 0 Å². The second kappa shape index (κ2) is 13.4. The second-order valence-electron chi connectivity index (χ2n) is 10.5. The molecule has 2 aromatic carbocycles. The fraction of sp³-hybridized carbons (Fsp3) is 0.419. The molecule has 6 nitrogen and oxygen atoms in total. The first-order valence-corrected chi connectivity index (χ1v) is 13.1. The maximum Gasteiger partial charge on any atom is 0.254 e. The largest absolute Gasteiger partial charge is 0.464 e. The molecule has 1 aromatic heterocycles. The van der Waals surface area contributed by atoms with E-state index in [4.69, 9.17) is 9.15 Å². The van der Waals surface area contributed by atoms with E-state index in [-0.39, 0.29) is 42.7 Å². The summed E-state index contributed by atoms with van der Waals surface area (Å²) >= 11 is 0. The molecule has 7 heteroatoms. The Morgan fingerprint density at radius 3 is 2.18 bits per heavy atom. The number of hydrogen-bond donors (Lipinski definition) is 0. The van der Waals surface area contributed by atoms with Crippen molar-refractivity contribution in [3.05, 3.63) is 94.7 Å². The standard InChI is InChI=1S/C31H39FN2O4/c1-6-37-19-7-18-33(30(36)25-11-13-26(14-12-25)31(3,4)5)22-29(35)34(21-28-17-8-23(2)38-28)20-24-9-15-27(32)16-10-24/h8-17H,6-7,18-22H2,1-5H3. The minimum absolute atomic E-state index is 0.0280. The van der Waals surface area contributed by atoms with Gasteiger partial charge >= 0.3 is 0 Å². The van der Waals surface area contributed by atoms with Crippen molar-refractivity contribution in [1.29, 1.82) is 0 Å². The van der Waals surface area contributed by atoms with Gasteiger partial charge in [0.05, 0.1) is 6.54 Å². The molecule has 3 rings (SSSR count). The Morgan fingerprint density at radius 1 is 0.921 bits per heavy atom. The van der Waals surface area contributed by atoms with Gasteiger partial charge in [-0.3, -0.25) is 9.59 Å². The summed E-state index contributed by atoms with van der Waals surface area (Å²) in [5.41, 5.74) is 2.43. The maximum absolute atomic E-state index is 13.6. The Morgan fingerprint density at radius 2 is 1.61 bits per heavy atom. The summed E-state index contributed by atoms with van der Waals surface area (Å²) in [4.78, 5) is 30.4. The van der Waals surface area contributed by atoms with Gasteiger partial charge in [-0.2, -0.15) is 0 Å². The van der Waals surface area contributed by atoms with Crippen LogP contribution in [0.1, 0.15) is 67.1 Å². The highest BCUT2D eigenvalue weighted by atomic mass is 19.1. The highest BCUT2D eigenvalue weighted by Gasteiger charge is 2.24. The first-order valence-electron chi connectivity index (χ1n) is 13.1. The van der Waals surface area contributed by atoms with Crippen LogP contribution >= 0.6 is 0 Å². The number of carbonyl (C=O) groups excluding carboxylic acids is 2. The third kappa shape index (κ3) is 8.55. The van der Waals surface area contributed by atoms with Crippen molar-refractivity contribution >= 4 is 11.8 Å². The molecular formula is C31H39FN2O4. The van der Waals surface area contributed by atoms with Crippen molar-refractivity contribution in [3.63, 3.8) is 0 Å². The Labute approximate surface area is 225 Å². The normalized spacial score (nSPS) is 11.4. The third-order valence-electron chi connectivity index (χ3n) is 6.31. The zero-order valence-electron chi connectivity index (χ0n) is 23.1. The van der Waals surface area contributed by atoms with Gasteiger partial charge in [-0.05, 0) is 73.2 Å². The number of aryl methyl sites for hydroxylation is 1. The summed E-state index contributed by atoms with van der Waals surface area (Å²) in [5, 5.41) is 0. The van der Waals surface area contributed by atoms with E-state index >= 15 is 0 Å². The molecule has 0 spiro atoms. The molecule has 0 aliphatic rings. The van der Waals surface area contributed by atoms with E-state index in [2.05, 4.69) is 20.8 Å². The van der Waals surface area contributed by atoms with Crippen LogP contribution < -0.4 is 0 Å². The van der Waals surface area contributed by atoms with E-state index in [1.54, 1.807) is 21.9 Å². The van der Waals surface area contributed by atoms with E-state index in [1.165, 1.54) is 12.1 Å². The predicted octanol–water partition coefficient (Wildman–Crippen LogP) is 6.12. The topological polar surface area (TPSA) is 63.0 Å². The van der Waals surface area contributed by atoms with Crippen LogP contribution in [0.4, 0.5) is 4.39 Å². The van der Waals surface area contributed by atoms with E-state index in [1.807, 2.05) is 50.2 Å². The van der Waals surface area contributed by atoms with Crippen molar-refractivity contribution in [2.24, 2.45) is 0 Å². The molecule has 0 bridgehead atoms. The number of hydrogen-bond acceptors (Lipinski definition) is 4. The quantitative estimate of drug-likeness (QED) is 0.269. The first-order chi connectivity index (χ1) is 18.1. The lowest BCUT2D eigenvalue weighted by molar-refractivity contribution is -0.133. The van der Waals surface area contributed by atoms with Crippen molar-refractivity contribution in [3.8, 4) is 0 Å². The average Bonchev–Trinajstić information content (AvgIpc) is 3.30. The Hall–Kier alpha value is -3.45. The molecule has 204 valence electrons. The zero-order valence-corrected chi connectivity index (χ0v) is 23.1. The molecule has 0 aliphatic heterocycles. The van der Waals surface area contributed by atoms with Crippen LogP contribution in [-0.4, -0.2) is 47.9 Å². The minimum atomic E-state index is -0.336. The summed E-state index contributed by atoms with van der Waals surface area (Å²) in [6.07, 6.45) is 0.613. The number of nitrogens with zero attached hydrogens (tertiary/aromatic N) is 2. The van der Waals surface area contributed by atoms with Gasteiger partial charge in [-0.25, -0.2) is 4.39 Å². The number of furan rings is 1. The first kappa shape index (κ1) is 29.1. The van der Waals surface area contributed by atoms with Crippen LogP contribution in [0.15, 0.2) is 65.1 Å². The SMILES string of the molecule is CCOCCCN(CC(=O)N(Cc1ccc(F)cc1)Cc1ccc(C)o1)C(=O)c1ccc(C(C)(C)C)cc1. The van der Waals surface area contributed by atoms with Crippen molar-refractivity contribution in [1.82, 2.24) is 9.80 Å². The summed E-state index contributed by atoms with van der Waals surface area (Å²) < 4.78 is 24.7. The smallest absolute Gasteiger partial charge is 0.254 e. The van der Waals surface area contributed by atoms with Crippen LogP contribution in [-0.2, 0) is 28.0 Å².